The maximum atomic E-state index is 13.3. The summed E-state index contributed by atoms with van der Waals surface area (Å²) in [5, 5.41) is 0. The molecule has 0 N–H and O–H groups in total. The topological polar surface area (TPSA) is 41.9 Å². The number of halogens is 1. The van der Waals surface area contributed by atoms with Crippen LogP contribution in [0.25, 0.3) is 6.08 Å². The highest BCUT2D eigenvalue weighted by atomic mass is 79.9. The fourth-order valence-corrected chi connectivity index (χ4v) is 3.38. The molecule has 5 heteroatoms. The van der Waals surface area contributed by atoms with Crippen molar-refractivity contribution in [2.75, 3.05) is 11.5 Å². The minimum atomic E-state index is -0.153. The first-order valence-corrected chi connectivity index (χ1v) is 10.1. The van der Waals surface area contributed by atoms with E-state index in [2.05, 4.69) is 20.9 Å². The number of carbonyl (C=O) groups excluding carboxylic acids is 1. The lowest BCUT2D eigenvalue weighted by Crippen LogP contribution is -2.32. The lowest BCUT2D eigenvalue weighted by atomic mass is 10.1. The van der Waals surface area contributed by atoms with Crippen LogP contribution in [-0.2, 0) is 4.79 Å². The van der Waals surface area contributed by atoms with E-state index in [1.54, 1.807) is 11.0 Å². The number of hydrogen-bond donors (Lipinski definition) is 0. The smallest absolute Gasteiger partial charge is 0.282 e. The average molecular weight is 447 g/mol. The van der Waals surface area contributed by atoms with Crippen molar-refractivity contribution in [3.8, 4) is 5.75 Å². The molecule has 1 amide bonds. The van der Waals surface area contributed by atoms with Gasteiger partial charge in [0.1, 0.15) is 17.3 Å². The van der Waals surface area contributed by atoms with Crippen LogP contribution in [0, 0.1) is 0 Å². The third-order valence-corrected chi connectivity index (χ3v) is 5.00. The summed E-state index contributed by atoms with van der Waals surface area (Å²) in [5.74, 6) is 1.27. The highest BCUT2D eigenvalue weighted by molar-refractivity contribution is 9.10. The molecule has 0 fully saturated rings. The molecule has 0 spiro atoms. The van der Waals surface area contributed by atoms with Crippen LogP contribution >= 0.6 is 15.9 Å². The Morgan fingerprint density at radius 2 is 1.66 bits per heavy atom. The van der Waals surface area contributed by atoms with Gasteiger partial charge in [-0.15, -0.1) is 0 Å². The second-order valence-corrected chi connectivity index (χ2v) is 7.37. The minimum absolute atomic E-state index is 0.153. The molecule has 0 bridgehead atoms. The Balaban J connectivity index is 1.74. The predicted octanol–water partition coefficient (Wildman–Crippen LogP) is 5.68. The molecule has 0 atom stereocenters. The van der Waals surface area contributed by atoms with E-state index in [9.17, 15) is 4.79 Å². The van der Waals surface area contributed by atoms with E-state index in [1.807, 2.05) is 85.8 Å². The van der Waals surface area contributed by atoms with Crippen molar-refractivity contribution in [1.82, 2.24) is 0 Å². The van der Waals surface area contributed by atoms with Gasteiger partial charge in [0.25, 0.3) is 5.91 Å². The van der Waals surface area contributed by atoms with E-state index < -0.39 is 0 Å². The Labute approximate surface area is 178 Å². The van der Waals surface area contributed by atoms with Gasteiger partial charge in [-0.25, -0.2) is 4.99 Å². The van der Waals surface area contributed by atoms with E-state index >= 15 is 0 Å². The van der Waals surface area contributed by atoms with Crippen LogP contribution in [0.3, 0.4) is 0 Å². The number of ether oxygens (including phenoxy) is 1. The van der Waals surface area contributed by atoms with Gasteiger partial charge in [0.15, 0.2) is 0 Å². The number of amides is 1. The van der Waals surface area contributed by atoms with Crippen LogP contribution < -0.4 is 9.64 Å². The molecule has 4 rings (SSSR count). The predicted molar refractivity (Wildman–Crippen MR) is 120 cm³/mol. The molecule has 0 aliphatic carbocycles. The molecular weight excluding hydrogens is 428 g/mol. The zero-order chi connectivity index (χ0) is 20.2. The van der Waals surface area contributed by atoms with Gasteiger partial charge in [0, 0.05) is 10.0 Å². The largest absolute Gasteiger partial charge is 0.494 e. The summed E-state index contributed by atoms with van der Waals surface area (Å²) in [6.45, 7) is 2.56. The minimum Gasteiger partial charge on any atom is -0.494 e. The summed E-state index contributed by atoms with van der Waals surface area (Å²) in [4.78, 5) is 19.6. The number of nitrogens with zero attached hydrogens (tertiary/aromatic N) is 2. The fraction of sp³-hybridized carbons (Fsp3) is 0.0833. The zero-order valence-corrected chi connectivity index (χ0v) is 17.5. The maximum absolute atomic E-state index is 13.3. The van der Waals surface area contributed by atoms with Crippen LogP contribution in [0.5, 0.6) is 5.75 Å². The number of aliphatic imine (C=N–C) groups is 1. The van der Waals surface area contributed by atoms with Crippen LogP contribution in [0.15, 0.2) is 94.0 Å². The normalized spacial score (nSPS) is 15.0. The van der Waals surface area contributed by atoms with Gasteiger partial charge in [-0.1, -0.05) is 58.4 Å². The average Bonchev–Trinajstić information content (AvgIpc) is 3.07. The molecule has 144 valence electrons. The third kappa shape index (κ3) is 4.15. The molecule has 0 radical (unpaired) electrons. The molecule has 3 aromatic carbocycles. The van der Waals surface area contributed by atoms with Gasteiger partial charge in [0.2, 0.25) is 0 Å². The summed E-state index contributed by atoms with van der Waals surface area (Å²) < 4.78 is 6.44. The Bertz CT molecular complexity index is 1070. The summed E-state index contributed by atoms with van der Waals surface area (Å²) in [7, 11) is 0. The molecule has 3 aromatic rings. The van der Waals surface area contributed by atoms with Gasteiger partial charge < -0.3 is 4.74 Å². The second kappa shape index (κ2) is 8.45. The van der Waals surface area contributed by atoms with Crippen molar-refractivity contribution in [2.24, 2.45) is 4.99 Å². The standard InChI is InChI=1S/C24H19BrN2O2/c1-2-29-21-14-8-17(9-15-21)16-22-24(28)27(20-12-10-19(25)11-13-20)23(26-22)18-6-4-3-5-7-18/h3-16H,2H2,1H3/b22-16+. The lowest BCUT2D eigenvalue weighted by molar-refractivity contribution is -0.113. The van der Waals surface area contributed by atoms with Crippen LogP contribution in [0.1, 0.15) is 18.1 Å². The zero-order valence-electron chi connectivity index (χ0n) is 15.9. The van der Waals surface area contributed by atoms with E-state index in [-0.39, 0.29) is 5.91 Å². The molecule has 1 heterocycles. The Morgan fingerprint density at radius 3 is 2.31 bits per heavy atom. The number of hydrogen-bond acceptors (Lipinski definition) is 3. The molecule has 29 heavy (non-hydrogen) atoms. The molecule has 0 saturated carbocycles. The van der Waals surface area contributed by atoms with Crippen molar-refractivity contribution in [3.05, 3.63) is 100 Å². The Hall–Kier alpha value is -3.18. The van der Waals surface area contributed by atoms with Crippen LogP contribution in [0.4, 0.5) is 5.69 Å². The molecule has 1 aliphatic heterocycles. The molecule has 0 aromatic heterocycles. The monoisotopic (exact) mass is 446 g/mol. The van der Waals surface area contributed by atoms with Crippen molar-refractivity contribution in [2.45, 2.75) is 6.92 Å². The Morgan fingerprint density at radius 1 is 0.966 bits per heavy atom. The maximum Gasteiger partial charge on any atom is 0.282 e. The first-order chi connectivity index (χ1) is 14.2. The highest BCUT2D eigenvalue weighted by Crippen LogP contribution is 2.29. The van der Waals surface area contributed by atoms with Crippen molar-refractivity contribution < 1.29 is 9.53 Å². The summed E-state index contributed by atoms with van der Waals surface area (Å²) in [6.07, 6.45) is 1.81. The number of carbonyl (C=O) groups is 1. The SMILES string of the molecule is CCOc1ccc(/C=C2/N=C(c3ccccc3)N(c3ccc(Br)cc3)C2=O)cc1. The van der Waals surface area contributed by atoms with Gasteiger partial charge >= 0.3 is 0 Å². The van der Waals surface area contributed by atoms with Crippen LogP contribution in [0.2, 0.25) is 0 Å². The second-order valence-electron chi connectivity index (χ2n) is 6.45. The van der Waals surface area contributed by atoms with Crippen LogP contribution in [-0.4, -0.2) is 18.3 Å². The summed E-state index contributed by atoms with van der Waals surface area (Å²) >= 11 is 3.45. The van der Waals surface area contributed by atoms with Crippen molar-refractivity contribution in [3.63, 3.8) is 0 Å². The first-order valence-electron chi connectivity index (χ1n) is 9.34. The Kier molecular flexibility index (Phi) is 5.58. The van der Waals surface area contributed by atoms with E-state index in [4.69, 9.17) is 4.74 Å². The summed E-state index contributed by atoms with van der Waals surface area (Å²) in [5.41, 5.74) is 2.95. The number of anilines is 1. The van der Waals surface area contributed by atoms with Crippen molar-refractivity contribution >= 4 is 39.4 Å². The molecule has 4 nitrogen and oxygen atoms in total. The van der Waals surface area contributed by atoms with Gasteiger partial charge in [-0.3, -0.25) is 9.69 Å². The molecule has 0 unspecified atom stereocenters. The third-order valence-electron chi connectivity index (χ3n) is 4.47. The number of benzene rings is 3. The fourth-order valence-electron chi connectivity index (χ4n) is 3.11. The van der Waals surface area contributed by atoms with Gasteiger partial charge in [0.05, 0.1) is 12.3 Å². The first kappa shape index (κ1) is 19.2. The quantitative estimate of drug-likeness (QED) is 0.472. The molecular formula is C24H19BrN2O2. The van der Waals surface area contributed by atoms with E-state index in [1.165, 1.54) is 0 Å². The number of rotatable bonds is 5. The van der Waals surface area contributed by atoms with E-state index in [0.717, 1.165) is 27.0 Å². The lowest BCUT2D eigenvalue weighted by Gasteiger charge is -2.18. The van der Waals surface area contributed by atoms with E-state index in [0.29, 0.717) is 18.1 Å². The van der Waals surface area contributed by atoms with Gasteiger partial charge in [-0.2, -0.15) is 0 Å². The van der Waals surface area contributed by atoms with Crippen molar-refractivity contribution in [1.29, 1.82) is 0 Å². The number of amidine groups is 1. The highest BCUT2D eigenvalue weighted by Gasteiger charge is 2.32. The molecule has 1 aliphatic rings. The van der Waals surface area contributed by atoms with Gasteiger partial charge in [-0.05, 0) is 55.0 Å². The molecule has 0 saturated heterocycles. The summed E-state index contributed by atoms with van der Waals surface area (Å²) in [6, 6.07) is 25.0.